The molecule has 0 aliphatic rings. The molecule has 2 unspecified atom stereocenters. The molecule has 1 rings (SSSR count). The van der Waals surface area contributed by atoms with E-state index in [0.29, 0.717) is 12.0 Å². The number of aromatic nitrogens is 2. The van der Waals surface area contributed by atoms with Crippen molar-refractivity contribution in [2.45, 2.75) is 39.8 Å². The van der Waals surface area contributed by atoms with Crippen molar-refractivity contribution in [3.63, 3.8) is 0 Å². The van der Waals surface area contributed by atoms with Gasteiger partial charge in [0.2, 0.25) is 0 Å². The van der Waals surface area contributed by atoms with Crippen LogP contribution < -0.4 is 5.32 Å². The molecule has 0 fully saturated rings. The van der Waals surface area contributed by atoms with Crippen LogP contribution in [-0.4, -0.2) is 16.0 Å². The van der Waals surface area contributed by atoms with Crippen LogP contribution >= 0.6 is 0 Å². The zero-order valence-electron chi connectivity index (χ0n) is 9.20. The molecule has 0 saturated carbocycles. The fourth-order valence-corrected chi connectivity index (χ4v) is 1.24. The molecule has 0 radical (unpaired) electrons. The van der Waals surface area contributed by atoms with Crippen molar-refractivity contribution in [1.82, 2.24) is 15.3 Å². The van der Waals surface area contributed by atoms with Crippen molar-refractivity contribution >= 4 is 0 Å². The van der Waals surface area contributed by atoms with Crippen LogP contribution in [0.2, 0.25) is 0 Å². The van der Waals surface area contributed by atoms with Gasteiger partial charge in [0.05, 0.1) is 5.69 Å². The predicted molar refractivity (Wildman–Crippen MR) is 57.8 cm³/mol. The summed E-state index contributed by atoms with van der Waals surface area (Å²) in [6.07, 6.45) is 4.57. The maximum absolute atomic E-state index is 4.16. The summed E-state index contributed by atoms with van der Waals surface area (Å²) in [5, 5.41) is 3.46. The number of hydrogen-bond acceptors (Lipinski definition) is 3. The molecule has 0 aliphatic carbocycles. The van der Waals surface area contributed by atoms with E-state index in [1.54, 1.807) is 12.5 Å². The minimum absolute atomic E-state index is 0.537. The molecule has 78 valence electrons. The molecule has 14 heavy (non-hydrogen) atoms. The monoisotopic (exact) mass is 193 g/mol. The Morgan fingerprint density at radius 3 is 2.79 bits per heavy atom. The van der Waals surface area contributed by atoms with Crippen LogP contribution in [0.5, 0.6) is 0 Å². The van der Waals surface area contributed by atoms with Crippen LogP contribution in [0.3, 0.4) is 0 Å². The first-order valence-corrected chi connectivity index (χ1v) is 5.22. The lowest BCUT2D eigenvalue weighted by molar-refractivity contribution is 0.388. The molecular weight excluding hydrogens is 174 g/mol. The maximum Gasteiger partial charge on any atom is 0.115 e. The van der Waals surface area contributed by atoms with E-state index < -0.39 is 0 Å². The Labute approximate surface area is 86.0 Å². The van der Waals surface area contributed by atoms with Gasteiger partial charge in [0.25, 0.3) is 0 Å². The van der Waals surface area contributed by atoms with Crippen LogP contribution in [0.1, 0.15) is 32.9 Å². The van der Waals surface area contributed by atoms with E-state index in [2.05, 4.69) is 36.1 Å². The highest BCUT2D eigenvalue weighted by Crippen LogP contribution is 2.06. The average Bonchev–Trinajstić information content (AvgIpc) is 2.26. The van der Waals surface area contributed by atoms with Crippen LogP contribution in [0.4, 0.5) is 0 Å². The average molecular weight is 193 g/mol. The van der Waals surface area contributed by atoms with E-state index in [-0.39, 0.29) is 0 Å². The summed E-state index contributed by atoms with van der Waals surface area (Å²) in [4.78, 5) is 8.05. The number of hydrogen-bond donors (Lipinski definition) is 1. The molecule has 1 N–H and O–H groups in total. The smallest absolute Gasteiger partial charge is 0.115 e. The summed E-state index contributed by atoms with van der Waals surface area (Å²) < 4.78 is 0. The zero-order chi connectivity index (χ0) is 10.4. The van der Waals surface area contributed by atoms with E-state index in [9.17, 15) is 0 Å². The summed E-state index contributed by atoms with van der Waals surface area (Å²) in [6, 6.07) is 2.48. The number of rotatable bonds is 5. The van der Waals surface area contributed by atoms with Gasteiger partial charge < -0.3 is 5.32 Å². The van der Waals surface area contributed by atoms with Crippen LogP contribution in [0, 0.1) is 5.92 Å². The summed E-state index contributed by atoms with van der Waals surface area (Å²) in [7, 11) is 0. The Bertz CT molecular complexity index is 248. The summed E-state index contributed by atoms with van der Waals surface area (Å²) in [5.41, 5.74) is 1.05. The quantitative estimate of drug-likeness (QED) is 0.777. The van der Waals surface area contributed by atoms with E-state index in [1.165, 1.54) is 6.42 Å². The molecule has 0 saturated heterocycles. The van der Waals surface area contributed by atoms with Gasteiger partial charge in [0.15, 0.2) is 0 Å². The molecule has 3 nitrogen and oxygen atoms in total. The third kappa shape index (κ3) is 3.42. The van der Waals surface area contributed by atoms with Crippen molar-refractivity contribution < 1.29 is 0 Å². The van der Waals surface area contributed by atoms with E-state index in [1.807, 2.05) is 6.07 Å². The SMILES string of the molecule is CCC(C)C(C)NCc1ccncn1. The molecule has 3 heteroatoms. The molecular formula is C11H19N3. The normalized spacial score (nSPS) is 15.1. The van der Waals surface area contributed by atoms with Gasteiger partial charge in [-0.2, -0.15) is 0 Å². The first kappa shape index (κ1) is 11.1. The third-order valence-electron chi connectivity index (χ3n) is 2.75. The second-order valence-electron chi connectivity index (χ2n) is 3.76. The Morgan fingerprint density at radius 2 is 2.21 bits per heavy atom. The maximum atomic E-state index is 4.16. The molecule has 0 spiro atoms. The van der Waals surface area contributed by atoms with Crippen molar-refractivity contribution in [2.75, 3.05) is 0 Å². The first-order chi connectivity index (χ1) is 6.74. The Balaban J connectivity index is 2.34. The second kappa shape index (κ2) is 5.70. The second-order valence-corrected chi connectivity index (χ2v) is 3.76. The fourth-order valence-electron chi connectivity index (χ4n) is 1.24. The molecule has 0 aliphatic heterocycles. The van der Waals surface area contributed by atoms with Gasteiger partial charge in [0, 0.05) is 18.8 Å². The van der Waals surface area contributed by atoms with Crippen LogP contribution in [0.15, 0.2) is 18.6 Å². The van der Waals surface area contributed by atoms with Crippen molar-refractivity contribution in [1.29, 1.82) is 0 Å². The lowest BCUT2D eigenvalue weighted by atomic mass is 10.0. The Hall–Kier alpha value is -0.960. The van der Waals surface area contributed by atoms with Gasteiger partial charge in [-0.1, -0.05) is 20.3 Å². The van der Waals surface area contributed by atoms with Gasteiger partial charge in [-0.05, 0) is 18.9 Å². The summed E-state index contributed by atoms with van der Waals surface area (Å²) >= 11 is 0. The largest absolute Gasteiger partial charge is 0.308 e. The molecule has 0 amide bonds. The first-order valence-electron chi connectivity index (χ1n) is 5.22. The fraction of sp³-hybridized carbons (Fsp3) is 0.636. The third-order valence-corrected chi connectivity index (χ3v) is 2.75. The number of nitrogens with zero attached hydrogens (tertiary/aromatic N) is 2. The van der Waals surface area contributed by atoms with Gasteiger partial charge in [0.1, 0.15) is 6.33 Å². The highest BCUT2D eigenvalue weighted by Gasteiger charge is 2.08. The van der Waals surface area contributed by atoms with Crippen LogP contribution in [-0.2, 0) is 6.54 Å². The lowest BCUT2D eigenvalue weighted by Crippen LogP contribution is -2.31. The molecule has 1 aromatic rings. The predicted octanol–water partition coefficient (Wildman–Crippen LogP) is 2.00. The van der Waals surface area contributed by atoms with Crippen molar-refractivity contribution in [3.8, 4) is 0 Å². The van der Waals surface area contributed by atoms with Gasteiger partial charge in [-0.3, -0.25) is 0 Å². The Kier molecular flexibility index (Phi) is 4.53. The topological polar surface area (TPSA) is 37.8 Å². The molecule has 0 aromatic carbocycles. The lowest BCUT2D eigenvalue weighted by Gasteiger charge is -2.19. The van der Waals surface area contributed by atoms with Gasteiger partial charge >= 0.3 is 0 Å². The zero-order valence-corrected chi connectivity index (χ0v) is 9.20. The Morgan fingerprint density at radius 1 is 1.43 bits per heavy atom. The molecule has 2 atom stereocenters. The van der Waals surface area contributed by atoms with E-state index >= 15 is 0 Å². The number of nitrogens with one attached hydrogen (secondary N) is 1. The minimum Gasteiger partial charge on any atom is -0.308 e. The summed E-state index contributed by atoms with van der Waals surface area (Å²) in [6.45, 7) is 7.52. The summed E-state index contributed by atoms with van der Waals surface area (Å²) in [5.74, 6) is 0.705. The molecule has 1 aromatic heterocycles. The minimum atomic E-state index is 0.537. The highest BCUT2D eigenvalue weighted by molar-refractivity contribution is 4.97. The highest BCUT2D eigenvalue weighted by atomic mass is 14.9. The van der Waals surface area contributed by atoms with E-state index in [4.69, 9.17) is 0 Å². The van der Waals surface area contributed by atoms with Gasteiger partial charge in [-0.15, -0.1) is 0 Å². The van der Waals surface area contributed by atoms with Crippen molar-refractivity contribution in [2.24, 2.45) is 5.92 Å². The molecule has 0 bridgehead atoms. The van der Waals surface area contributed by atoms with Gasteiger partial charge in [-0.25, -0.2) is 9.97 Å². The standard InChI is InChI=1S/C11H19N3/c1-4-9(2)10(3)13-7-11-5-6-12-8-14-11/h5-6,8-10,13H,4,7H2,1-3H3. The van der Waals surface area contributed by atoms with Crippen molar-refractivity contribution in [3.05, 3.63) is 24.3 Å². The van der Waals surface area contributed by atoms with E-state index in [0.717, 1.165) is 12.2 Å². The van der Waals surface area contributed by atoms with Crippen LogP contribution in [0.25, 0.3) is 0 Å². The molecule has 1 heterocycles.